The van der Waals surface area contributed by atoms with Crippen LogP contribution in [0.15, 0.2) is 78.0 Å². The third-order valence-electron chi connectivity index (χ3n) is 5.32. The Hall–Kier alpha value is -2.55. The quantitative estimate of drug-likeness (QED) is 0.295. The van der Waals surface area contributed by atoms with Gasteiger partial charge in [-0.25, -0.2) is 0 Å². The molecule has 1 N–H and O–H groups in total. The van der Waals surface area contributed by atoms with E-state index < -0.39 is 0 Å². The van der Waals surface area contributed by atoms with Crippen molar-refractivity contribution in [1.82, 2.24) is 20.0 Å². The summed E-state index contributed by atoms with van der Waals surface area (Å²) >= 11 is 0. The zero-order valence-corrected chi connectivity index (χ0v) is 20.2. The Morgan fingerprint density at radius 1 is 1.03 bits per heavy atom. The van der Waals surface area contributed by atoms with Crippen molar-refractivity contribution in [1.29, 1.82) is 0 Å². The van der Waals surface area contributed by atoms with Crippen molar-refractivity contribution in [3.8, 4) is 5.75 Å². The van der Waals surface area contributed by atoms with Gasteiger partial charge in [-0.1, -0.05) is 48.5 Å². The monoisotopic (exact) mass is 531 g/mol. The van der Waals surface area contributed by atoms with Crippen molar-refractivity contribution in [2.75, 3.05) is 20.1 Å². The second-order valence-corrected chi connectivity index (χ2v) is 7.55. The molecule has 164 valence electrons. The number of benzene rings is 2. The number of para-hydroxylation sites is 1. The highest BCUT2D eigenvalue weighted by Gasteiger charge is 2.22. The summed E-state index contributed by atoms with van der Waals surface area (Å²) in [6.45, 7) is 3.36. The summed E-state index contributed by atoms with van der Waals surface area (Å²) in [4.78, 5) is 6.78. The van der Waals surface area contributed by atoms with Gasteiger partial charge >= 0.3 is 0 Å². The molecule has 2 aromatic carbocycles. The molecule has 0 atom stereocenters. The Morgan fingerprint density at radius 3 is 2.39 bits per heavy atom. The van der Waals surface area contributed by atoms with Gasteiger partial charge in [0.25, 0.3) is 0 Å². The Kier molecular flexibility index (Phi) is 8.75. The summed E-state index contributed by atoms with van der Waals surface area (Å²) in [5.41, 5.74) is 2.39. The maximum atomic E-state index is 6.10. The molecule has 1 aliphatic heterocycles. The normalized spacial score (nSPS) is 14.7. The van der Waals surface area contributed by atoms with Gasteiger partial charge in [0.05, 0.1) is 12.7 Å². The lowest BCUT2D eigenvalue weighted by Gasteiger charge is -2.34. The van der Waals surface area contributed by atoms with Gasteiger partial charge in [0, 0.05) is 51.3 Å². The predicted molar refractivity (Wildman–Crippen MR) is 135 cm³/mol. The largest absolute Gasteiger partial charge is 0.490 e. The van der Waals surface area contributed by atoms with Crippen LogP contribution in [0.3, 0.4) is 0 Å². The molecule has 0 aliphatic carbocycles. The van der Waals surface area contributed by atoms with E-state index in [1.165, 1.54) is 5.56 Å². The van der Waals surface area contributed by atoms with E-state index in [0.29, 0.717) is 6.54 Å². The summed E-state index contributed by atoms with van der Waals surface area (Å²) in [6.07, 6.45) is 6.25. The van der Waals surface area contributed by atoms with Gasteiger partial charge in [-0.2, -0.15) is 5.10 Å². The number of nitrogens with zero attached hydrogens (tertiary/aromatic N) is 4. The first-order chi connectivity index (χ1) is 14.8. The maximum absolute atomic E-state index is 6.10. The number of aliphatic imine (C=N–C) groups is 1. The average molecular weight is 531 g/mol. The van der Waals surface area contributed by atoms with E-state index in [1.807, 2.05) is 54.3 Å². The van der Waals surface area contributed by atoms with Crippen LogP contribution in [-0.2, 0) is 13.1 Å². The van der Waals surface area contributed by atoms with Gasteiger partial charge in [-0.05, 0) is 17.7 Å². The fraction of sp³-hybridized carbons (Fsp3) is 0.333. The van der Waals surface area contributed by atoms with Crippen LogP contribution >= 0.6 is 24.0 Å². The van der Waals surface area contributed by atoms with E-state index >= 15 is 0 Å². The van der Waals surface area contributed by atoms with Crippen LogP contribution in [-0.4, -0.2) is 46.9 Å². The molecule has 0 bridgehead atoms. The highest BCUT2D eigenvalue weighted by Crippen LogP contribution is 2.18. The Morgan fingerprint density at radius 2 is 1.71 bits per heavy atom. The summed E-state index contributed by atoms with van der Waals surface area (Å²) in [5, 5.41) is 7.96. The summed E-state index contributed by atoms with van der Waals surface area (Å²) < 4.78 is 8.07. The lowest BCUT2D eigenvalue weighted by atomic mass is 10.1. The number of hydrogen-bond acceptors (Lipinski definition) is 3. The van der Waals surface area contributed by atoms with E-state index in [2.05, 4.69) is 50.8 Å². The SMILES string of the molecule is CN=C(NCc1cnn(Cc2ccccc2)c1)N1CCC(Oc2ccccc2)CC1.I. The number of aromatic nitrogens is 2. The molecule has 0 saturated carbocycles. The zero-order valence-electron chi connectivity index (χ0n) is 17.9. The minimum absolute atomic E-state index is 0. The lowest BCUT2D eigenvalue weighted by molar-refractivity contribution is 0.129. The van der Waals surface area contributed by atoms with E-state index in [0.717, 1.165) is 49.7 Å². The van der Waals surface area contributed by atoms with Gasteiger partial charge < -0.3 is 15.0 Å². The lowest BCUT2D eigenvalue weighted by Crippen LogP contribution is -2.47. The number of ether oxygens (including phenoxy) is 1. The number of guanidine groups is 1. The minimum atomic E-state index is 0. The van der Waals surface area contributed by atoms with Gasteiger partial charge in [0.2, 0.25) is 0 Å². The Bertz CT molecular complexity index is 937. The molecular weight excluding hydrogens is 501 g/mol. The molecule has 31 heavy (non-hydrogen) atoms. The van der Waals surface area contributed by atoms with Crippen LogP contribution in [0.1, 0.15) is 24.0 Å². The van der Waals surface area contributed by atoms with Gasteiger partial charge in [-0.3, -0.25) is 9.67 Å². The van der Waals surface area contributed by atoms with Crippen molar-refractivity contribution in [2.24, 2.45) is 4.99 Å². The molecule has 4 rings (SSSR count). The highest BCUT2D eigenvalue weighted by atomic mass is 127. The van der Waals surface area contributed by atoms with Crippen LogP contribution in [0.5, 0.6) is 5.75 Å². The first-order valence-electron chi connectivity index (χ1n) is 10.5. The third-order valence-corrected chi connectivity index (χ3v) is 5.32. The number of likely N-dealkylation sites (tertiary alicyclic amines) is 1. The third kappa shape index (κ3) is 6.72. The highest BCUT2D eigenvalue weighted by molar-refractivity contribution is 14.0. The molecule has 0 unspecified atom stereocenters. The molecule has 1 aliphatic rings. The second kappa shape index (κ2) is 11.7. The first kappa shape index (κ1) is 23.1. The van der Waals surface area contributed by atoms with Crippen LogP contribution in [0, 0.1) is 0 Å². The average Bonchev–Trinajstić information content (AvgIpc) is 3.24. The molecule has 0 amide bonds. The number of hydrogen-bond donors (Lipinski definition) is 1. The maximum Gasteiger partial charge on any atom is 0.193 e. The number of halogens is 1. The topological polar surface area (TPSA) is 54.7 Å². The summed E-state index contributed by atoms with van der Waals surface area (Å²) in [6, 6.07) is 20.4. The minimum Gasteiger partial charge on any atom is -0.490 e. The van der Waals surface area contributed by atoms with Crippen molar-refractivity contribution in [3.63, 3.8) is 0 Å². The summed E-state index contributed by atoms with van der Waals surface area (Å²) in [7, 11) is 1.84. The molecule has 0 spiro atoms. The van der Waals surface area contributed by atoms with Crippen LogP contribution in [0.2, 0.25) is 0 Å². The number of rotatable bonds is 6. The fourth-order valence-electron chi connectivity index (χ4n) is 3.74. The molecule has 6 nitrogen and oxygen atoms in total. The van der Waals surface area contributed by atoms with E-state index in [-0.39, 0.29) is 30.1 Å². The van der Waals surface area contributed by atoms with Crippen molar-refractivity contribution in [3.05, 3.63) is 84.2 Å². The number of piperidine rings is 1. The van der Waals surface area contributed by atoms with E-state index in [9.17, 15) is 0 Å². The standard InChI is InChI=1S/C24H29N5O.HI/c1-25-24(28-14-12-23(13-15-28)30-22-10-6-3-7-11-22)26-16-21-17-27-29(19-21)18-20-8-4-2-5-9-20;/h2-11,17,19,23H,12-16,18H2,1H3,(H,25,26);1H. The Labute approximate surface area is 201 Å². The van der Waals surface area contributed by atoms with Crippen molar-refractivity contribution >= 4 is 29.9 Å². The van der Waals surface area contributed by atoms with E-state index in [4.69, 9.17) is 4.74 Å². The first-order valence-corrected chi connectivity index (χ1v) is 10.5. The van der Waals surface area contributed by atoms with Crippen LogP contribution < -0.4 is 10.1 Å². The number of nitrogens with one attached hydrogen (secondary N) is 1. The van der Waals surface area contributed by atoms with Crippen molar-refractivity contribution < 1.29 is 4.74 Å². The molecule has 3 aromatic rings. The van der Waals surface area contributed by atoms with Gasteiger partial charge in [-0.15, -0.1) is 24.0 Å². The molecule has 1 saturated heterocycles. The molecule has 1 fully saturated rings. The van der Waals surface area contributed by atoms with Gasteiger partial charge in [0.15, 0.2) is 5.96 Å². The molecule has 0 radical (unpaired) electrons. The predicted octanol–water partition coefficient (Wildman–Crippen LogP) is 4.17. The fourth-order valence-corrected chi connectivity index (χ4v) is 3.74. The molecule has 7 heteroatoms. The Balaban J connectivity index is 0.00000272. The molecular formula is C24H30IN5O. The van der Waals surface area contributed by atoms with Crippen LogP contribution in [0.4, 0.5) is 0 Å². The molecule has 1 aromatic heterocycles. The zero-order chi connectivity index (χ0) is 20.6. The van der Waals surface area contributed by atoms with Crippen LogP contribution in [0.25, 0.3) is 0 Å². The van der Waals surface area contributed by atoms with Gasteiger partial charge in [0.1, 0.15) is 11.9 Å². The molecule has 2 heterocycles. The smallest absolute Gasteiger partial charge is 0.193 e. The van der Waals surface area contributed by atoms with E-state index in [1.54, 1.807) is 0 Å². The second-order valence-electron chi connectivity index (χ2n) is 7.55. The van der Waals surface area contributed by atoms with Crippen molar-refractivity contribution in [2.45, 2.75) is 32.0 Å². The summed E-state index contributed by atoms with van der Waals surface area (Å²) in [5.74, 6) is 1.88.